The summed E-state index contributed by atoms with van der Waals surface area (Å²) >= 11 is 0. The highest BCUT2D eigenvalue weighted by atomic mass is 15.1. The van der Waals surface area contributed by atoms with Crippen molar-refractivity contribution in [3.05, 3.63) is 222 Å². The molecule has 5 heterocycles. The molecule has 402 valence electrons. The van der Waals surface area contributed by atoms with Crippen LogP contribution in [0.3, 0.4) is 0 Å². The third-order valence-corrected chi connectivity index (χ3v) is 17.5. The molecule has 0 radical (unpaired) electrons. The zero-order valence-electron chi connectivity index (χ0n) is 49.2. The summed E-state index contributed by atoms with van der Waals surface area (Å²) in [6.07, 6.45) is 3.81. The minimum Gasteiger partial charge on any atom is -0.307 e. The predicted octanol–water partition coefficient (Wildman–Crippen LogP) is 20.2. The van der Waals surface area contributed by atoms with Crippen molar-refractivity contribution in [3.63, 3.8) is 0 Å². The van der Waals surface area contributed by atoms with Crippen LogP contribution in [0, 0.1) is 11.3 Å². The van der Waals surface area contributed by atoms with Crippen LogP contribution in [-0.2, 0) is 21.7 Å². The highest BCUT2D eigenvalue weighted by Gasteiger charge is 2.36. The van der Waals surface area contributed by atoms with Gasteiger partial charge in [0.15, 0.2) is 0 Å². The van der Waals surface area contributed by atoms with Crippen molar-refractivity contribution in [2.75, 3.05) is 0 Å². The second-order valence-electron chi connectivity index (χ2n) is 26.8. The average Bonchev–Trinajstić information content (AvgIpc) is 3.73. The van der Waals surface area contributed by atoms with Gasteiger partial charge in [0.2, 0.25) is 0 Å². The Kier molecular flexibility index (Phi) is 11.1. The van der Waals surface area contributed by atoms with E-state index in [4.69, 9.17) is 4.98 Å². The first kappa shape index (κ1) is 51.0. The number of hydrogen-bond donors (Lipinski definition) is 0. The van der Waals surface area contributed by atoms with Gasteiger partial charge in [0.1, 0.15) is 11.6 Å². The lowest BCUT2D eigenvalue weighted by Gasteiger charge is -2.29. The molecule has 14 rings (SSSR count). The summed E-state index contributed by atoms with van der Waals surface area (Å²) in [4.78, 5) is 4.71. The minimum atomic E-state index is -0.117. The van der Waals surface area contributed by atoms with Crippen LogP contribution in [0.25, 0.3) is 121 Å². The average molecular weight is 1070 g/mol. The monoisotopic (exact) mass is 1060 g/mol. The van der Waals surface area contributed by atoms with Crippen molar-refractivity contribution in [2.24, 2.45) is 0 Å². The number of fused-ring (bicyclic) bond motifs is 12. The highest BCUT2D eigenvalue weighted by molar-refractivity contribution is 6.17. The van der Waals surface area contributed by atoms with Crippen LogP contribution in [0.2, 0.25) is 0 Å². The number of benzene rings is 9. The molecule has 0 spiro atoms. The minimum absolute atomic E-state index is 0.109. The second kappa shape index (κ2) is 17.9. The largest absolute Gasteiger partial charge is 0.307 e. The number of rotatable bonds is 5. The molecule has 0 atom stereocenters. The third-order valence-electron chi connectivity index (χ3n) is 17.5. The van der Waals surface area contributed by atoms with Crippen molar-refractivity contribution in [2.45, 2.75) is 105 Å². The lowest BCUT2D eigenvalue weighted by atomic mass is 9.86. The summed E-state index contributed by atoms with van der Waals surface area (Å²) in [5.41, 5.74) is 18.7. The zero-order valence-corrected chi connectivity index (χ0v) is 49.2. The van der Waals surface area contributed by atoms with Crippen LogP contribution >= 0.6 is 0 Å². The van der Waals surface area contributed by atoms with Gasteiger partial charge in [-0.3, -0.25) is 4.98 Å². The number of nitrogens with zero attached hydrogens (tertiary/aromatic N) is 6. The van der Waals surface area contributed by atoms with Crippen molar-refractivity contribution >= 4 is 87.2 Å². The van der Waals surface area contributed by atoms with Gasteiger partial charge in [0.25, 0.3) is 0 Å². The molecular weight excluding hydrogens is 997 g/mol. The molecule has 0 aliphatic rings. The van der Waals surface area contributed by atoms with Gasteiger partial charge >= 0.3 is 0 Å². The van der Waals surface area contributed by atoms with E-state index in [0.29, 0.717) is 5.56 Å². The molecule has 9 aromatic carbocycles. The van der Waals surface area contributed by atoms with E-state index in [0.717, 1.165) is 121 Å². The highest BCUT2D eigenvalue weighted by Crippen LogP contribution is 2.52. The predicted molar refractivity (Wildman–Crippen MR) is 347 cm³/mol. The van der Waals surface area contributed by atoms with Gasteiger partial charge in [-0.05, 0) is 134 Å². The van der Waals surface area contributed by atoms with E-state index < -0.39 is 0 Å². The molecule has 0 saturated carbocycles. The van der Waals surface area contributed by atoms with Crippen LogP contribution in [0.5, 0.6) is 0 Å². The van der Waals surface area contributed by atoms with E-state index >= 15 is 0 Å². The van der Waals surface area contributed by atoms with Gasteiger partial charge < -0.3 is 18.3 Å². The zero-order chi connectivity index (χ0) is 56.9. The fraction of sp³-hybridized carbons (Fsp3) is 0.211. The molecule has 5 aromatic heterocycles. The lowest BCUT2D eigenvalue weighted by molar-refractivity contribution is 0.591. The van der Waals surface area contributed by atoms with Gasteiger partial charge in [-0.15, -0.1) is 0 Å². The smallest absolute Gasteiger partial charge is 0.104 e. The Morgan fingerprint density at radius 3 is 0.902 bits per heavy atom. The van der Waals surface area contributed by atoms with E-state index in [-0.39, 0.29) is 21.7 Å². The Balaban J connectivity index is 1.34. The fourth-order valence-corrected chi connectivity index (χ4v) is 13.2. The molecule has 14 aromatic rings. The molecule has 0 bridgehead atoms. The summed E-state index contributed by atoms with van der Waals surface area (Å²) in [7, 11) is 0. The Morgan fingerprint density at radius 2 is 0.585 bits per heavy atom. The topological polar surface area (TPSA) is 56.4 Å². The second-order valence-corrected chi connectivity index (χ2v) is 26.8. The fourth-order valence-electron chi connectivity index (χ4n) is 13.2. The molecular formula is C76H68N6. The van der Waals surface area contributed by atoms with Crippen LogP contribution in [0.1, 0.15) is 111 Å². The summed E-state index contributed by atoms with van der Waals surface area (Å²) < 4.78 is 9.90. The normalized spacial score (nSPS) is 12.9. The van der Waals surface area contributed by atoms with E-state index in [9.17, 15) is 5.26 Å². The summed E-state index contributed by atoms with van der Waals surface area (Å²) in [5.74, 6) is 0. The maximum atomic E-state index is 13.0. The molecule has 0 aliphatic heterocycles. The summed E-state index contributed by atoms with van der Waals surface area (Å²) in [6, 6.07) is 70.8. The molecule has 0 unspecified atom stereocenters. The molecule has 6 nitrogen and oxygen atoms in total. The maximum Gasteiger partial charge on any atom is 0.104 e. The van der Waals surface area contributed by atoms with Crippen LogP contribution in [0.4, 0.5) is 0 Å². The Bertz CT molecular complexity index is 5020. The van der Waals surface area contributed by atoms with Crippen LogP contribution < -0.4 is 0 Å². The summed E-state index contributed by atoms with van der Waals surface area (Å²) in [6.45, 7) is 27.5. The Labute approximate surface area is 480 Å². The van der Waals surface area contributed by atoms with Gasteiger partial charge in [-0.1, -0.05) is 180 Å². The lowest BCUT2D eigenvalue weighted by Crippen LogP contribution is -2.17. The first-order valence-electron chi connectivity index (χ1n) is 28.9. The maximum absolute atomic E-state index is 13.0. The molecule has 0 fully saturated rings. The molecule has 82 heavy (non-hydrogen) atoms. The van der Waals surface area contributed by atoms with Gasteiger partial charge in [0.05, 0.1) is 66.9 Å². The van der Waals surface area contributed by atoms with Gasteiger partial charge in [-0.25, -0.2) is 0 Å². The Morgan fingerprint density at radius 1 is 0.305 bits per heavy atom. The van der Waals surface area contributed by atoms with Crippen LogP contribution in [-0.4, -0.2) is 23.3 Å². The number of nitriles is 1. The number of pyridine rings is 1. The first-order chi connectivity index (χ1) is 39.2. The molecule has 0 amide bonds. The molecule has 0 aliphatic carbocycles. The number of para-hydroxylation sites is 4. The van der Waals surface area contributed by atoms with Crippen LogP contribution in [0.15, 0.2) is 194 Å². The standard InChI is InChI=1S/C76H68N6/c1-73(2,3)47-29-33-64-55(41-47)51-21-13-17-25-60(51)79(64)69-59(45-77)70(80-61-26-18-14-22-52(61)56-42-48(74(4,5)6)30-34-65(56)80)72(82-63-28-20-16-24-54(63)58-44-50(76(10,11)12)32-36-67(58)82)71(68(69)46-37-39-78-40-38-46)81-62-27-19-15-23-53(62)57-43-49(75(7,8)9)31-35-66(57)81/h13-44H,1-12H3. The van der Waals surface area contributed by atoms with Crippen molar-refractivity contribution in [1.82, 2.24) is 23.3 Å². The van der Waals surface area contributed by atoms with Gasteiger partial charge in [0, 0.05) is 61.0 Å². The van der Waals surface area contributed by atoms with E-state index in [1.807, 2.05) is 12.4 Å². The van der Waals surface area contributed by atoms with Gasteiger partial charge in [-0.2, -0.15) is 5.26 Å². The third kappa shape index (κ3) is 7.62. The Hall–Kier alpha value is -9.18. The van der Waals surface area contributed by atoms with Crippen molar-refractivity contribution < 1.29 is 0 Å². The SMILES string of the molecule is CC(C)(C)c1ccc2c(c1)c1ccccc1n2-c1c(C#N)c(-n2c3ccccc3c3cc(C(C)(C)C)ccc32)c(-n2c3ccccc3c3cc(C(C)(C)C)ccc32)c(-n2c3ccccc3c3cc(C(C)(C)C)ccc32)c1-c1ccncc1. The summed E-state index contributed by atoms with van der Waals surface area (Å²) in [5, 5.41) is 22.1. The number of hydrogen-bond acceptors (Lipinski definition) is 2. The van der Waals surface area contributed by atoms with Crippen molar-refractivity contribution in [1.29, 1.82) is 5.26 Å². The van der Waals surface area contributed by atoms with E-state index in [2.05, 4.69) is 289 Å². The molecule has 0 saturated heterocycles. The van der Waals surface area contributed by atoms with E-state index in [1.165, 1.54) is 22.3 Å². The molecule has 0 N–H and O–H groups in total. The van der Waals surface area contributed by atoms with Crippen molar-refractivity contribution in [3.8, 4) is 39.9 Å². The quantitative estimate of drug-likeness (QED) is 0.172. The number of aromatic nitrogens is 5. The molecule has 6 heteroatoms. The first-order valence-corrected chi connectivity index (χ1v) is 28.9. The van der Waals surface area contributed by atoms with E-state index in [1.54, 1.807) is 0 Å².